The van der Waals surface area contributed by atoms with Gasteiger partial charge in [0.2, 0.25) is 5.79 Å². The zero-order valence-corrected chi connectivity index (χ0v) is 11.3. The lowest BCUT2D eigenvalue weighted by atomic mass is 9.93. The molecule has 1 saturated carbocycles. The van der Waals surface area contributed by atoms with Crippen molar-refractivity contribution in [3.8, 4) is 0 Å². The van der Waals surface area contributed by atoms with Gasteiger partial charge in [-0.3, -0.25) is 0 Å². The van der Waals surface area contributed by atoms with Gasteiger partial charge in [0, 0.05) is 13.0 Å². The Hall–Kier alpha value is -1.39. The third-order valence-electron chi connectivity index (χ3n) is 4.77. The van der Waals surface area contributed by atoms with Crippen LogP contribution in [0.2, 0.25) is 0 Å². The van der Waals surface area contributed by atoms with Crippen LogP contribution in [-0.4, -0.2) is 24.0 Å². The summed E-state index contributed by atoms with van der Waals surface area (Å²) < 4.78 is 17.8. The fourth-order valence-electron chi connectivity index (χ4n) is 3.84. The zero-order chi connectivity index (χ0) is 13.6. The number of hydrogen-bond acceptors (Lipinski definition) is 4. The van der Waals surface area contributed by atoms with Crippen molar-refractivity contribution in [1.29, 1.82) is 0 Å². The molecule has 0 N–H and O–H groups in total. The smallest absolute Gasteiger partial charge is 0.342 e. The second kappa shape index (κ2) is 4.30. The van der Waals surface area contributed by atoms with Crippen molar-refractivity contribution in [3.63, 3.8) is 0 Å². The van der Waals surface area contributed by atoms with Crippen LogP contribution in [0.15, 0.2) is 30.3 Å². The Labute approximate surface area is 118 Å². The number of carbonyl (C=O) groups excluding carboxylic acids is 1. The van der Waals surface area contributed by atoms with Gasteiger partial charge in [0.1, 0.15) is 5.60 Å². The molecule has 0 aromatic heterocycles. The van der Waals surface area contributed by atoms with Gasteiger partial charge in [0.25, 0.3) is 0 Å². The highest BCUT2D eigenvalue weighted by Crippen LogP contribution is 2.55. The van der Waals surface area contributed by atoms with Crippen LogP contribution in [0.4, 0.5) is 0 Å². The minimum Gasteiger partial charge on any atom is -0.428 e. The number of rotatable bonds is 1. The lowest BCUT2D eigenvalue weighted by molar-refractivity contribution is -0.259. The molecule has 2 aliphatic heterocycles. The Morgan fingerprint density at radius 3 is 2.60 bits per heavy atom. The molecule has 4 heteroatoms. The summed E-state index contributed by atoms with van der Waals surface area (Å²) in [5.41, 5.74) is 0.445. The molecule has 1 aliphatic carbocycles. The quantitative estimate of drug-likeness (QED) is 0.739. The van der Waals surface area contributed by atoms with Crippen LogP contribution in [0, 0.1) is 0 Å². The molecule has 0 amide bonds. The standard InChI is InChI=1S/C16H18O4/c17-14-13(12-6-2-1-3-7-12)19-16(20-14)10-4-8-15(16)9-5-11-18-15/h1-3,6-7,13H,4-5,8-11H2/t13-,15-,16?/m1/s1. The Morgan fingerprint density at radius 1 is 1.05 bits per heavy atom. The van der Waals surface area contributed by atoms with Gasteiger partial charge in [0.05, 0.1) is 0 Å². The van der Waals surface area contributed by atoms with E-state index in [4.69, 9.17) is 14.2 Å². The largest absolute Gasteiger partial charge is 0.428 e. The van der Waals surface area contributed by atoms with Gasteiger partial charge in [0.15, 0.2) is 6.10 Å². The van der Waals surface area contributed by atoms with E-state index in [1.54, 1.807) is 0 Å². The highest BCUT2D eigenvalue weighted by atomic mass is 16.8. The normalized spacial score (nSPS) is 39.8. The Kier molecular flexibility index (Phi) is 2.66. The lowest BCUT2D eigenvalue weighted by Crippen LogP contribution is -2.50. The second-order valence-corrected chi connectivity index (χ2v) is 5.88. The summed E-state index contributed by atoms with van der Waals surface area (Å²) in [5.74, 6) is -1.14. The first-order chi connectivity index (χ1) is 9.75. The van der Waals surface area contributed by atoms with E-state index < -0.39 is 17.5 Å². The van der Waals surface area contributed by atoms with Crippen molar-refractivity contribution in [2.24, 2.45) is 0 Å². The predicted octanol–water partition coefficient (Wildman–Crippen LogP) is 2.73. The van der Waals surface area contributed by atoms with Gasteiger partial charge in [-0.25, -0.2) is 4.79 Å². The van der Waals surface area contributed by atoms with E-state index >= 15 is 0 Å². The minimum atomic E-state index is -0.860. The average molecular weight is 274 g/mol. The molecule has 4 nitrogen and oxygen atoms in total. The molecule has 1 aromatic carbocycles. The highest BCUT2D eigenvalue weighted by molar-refractivity contribution is 5.78. The zero-order valence-electron chi connectivity index (χ0n) is 11.3. The summed E-state index contributed by atoms with van der Waals surface area (Å²) in [5, 5.41) is 0. The predicted molar refractivity (Wildman–Crippen MR) is 70.9 cm³/mol. The number of carbonyl (C=O) groups is 1. The molecule has 1 unspecified atom stereocenters. The van der Waals surface area contributed by atoms with Crippen molar-refractivity contribution < 1.29 is 19.0 Å². The topological polar surface area (TPSA) is 44.8 Å². The Morgan fingerprint density at radius 2 is 1.85 bits per heavy atom. The number of benzene rings is 1. The van der Waals surface area contributed by atoms with Crippen LogP contribution in [0.5, 0.6) is 0 Å². The van der Waals surface area contributed by atoms with Crippen molar-refractivity contribution in [2.45, 2.75) is 49.6 Å². The first-order valence-electron chi connectivity index (χ1n) is 7.34. The maximum Gasteiger partial charge on any atom is 0.342 e. The second-order valence-electron chi connectivity index (χ2n) is 5.88. The summed E-state index contributed by atoms with van der Waals surface area (Å²) in [6.45, 7) is 0.735. The molecule has 106 valence electrons. The van der Waals surface area contributed by atoms with Crippen LogP contribution in [0.25, 0.3) is 0 Å². The van der Waals surface area contributed by atoms with E-state index in [1.807, 2.05) is 30.3 Å². The van der Waals surface area contributed by atoms with Crippen LogP contribution in [0.1, 0.15) is 43.8 Å². The fraction of sp³-hybridized carbons (Fsp3) is 0.562. The van der Waals surface area contributed by atoms with Gasteiger partial charge in [-0.2, -0.15) is 0 Å². The van der Waals surface area contributed by atoms with Crippen molar-refractivity contribution in [2.75, 3.05) is 6.61 Å². The maximum atomic E-state index is 12.3. The molecule has 2 heterocycles. The third-order valence-corrected chi connectivity index (χ3v) is 4.77. The molecule has 2 spiro atoms. The van der Waals surface area contributed by atoms with E-state index in [1.165, 1.54) is 0 Å². The van der Waals surface area contributed by atoms with Crippen LogP contribution < -0.4 is 0 Å². The van der Waals surface area contributed by atoms with Gasteiger partial charge in [-0.15, -0.1) is 0 Å². The number of esters is 1. The van der Waals surface area contributed by atoms with Crippen LogP contribution in [0.3, 0.4) is 0 Å². The van der Waals surface area contributed by atoms with Gasteiger partial charge in [-0.05, 0) is 31.2 Å². The molecule has 3 aliphatic rings. The Balaban J connectivity index is 1.67. The molecule has 20 heavy (non-hydrogen) atoms. The summed E-state index contributed by atoms with van der Waals surface area (Å²) in [6, 6.07) is 9.56. The summed E-state index contributed by atoms with van der Waals surface area (Å²) in [6.07, 6.45) is 3.95. The van der Waals surface area contributed by atoms with E-state index in [2.05, 4.69) is 0 Å². The molecule has 2 saturated heterocycles. The Bertz CT molecular complexity index is 515. The monoisotopic (exact) mass is 274 g/mol. The van der Waals surface area contributed by atoms with Crippen molar-refractivity contribution in [1.82, 2.24) is 0 Å². The molecule has 3 fully saturated rings. The molecule has 3 atom stereocenters. The summed E-state index contributed by atoms with van der Waals surface area (Å²) in [4.78, 5) is 12.3. The van der Waals surface area contributed by atoms with E-state index in [9.17, 15) is 4.79 Å². The van der Waals surface area contributed by atoms with E-state index in [0.29, 0.717) is 0 Å². The van der Waals surface area contributed by atoms with Gasteiger partial charge < -0.3 is 14.2 Å². The van der Waals surface area contributed by atoms with Crippen LogP contribution >= 0.6 is 0 Å². The molecular formula is C16H18O4. The molecule has 4 rings (SSSR count). The molecule has 0 radical (unpaired) electrons. The first kappa shape index (κ1) is 12.4. The lowest BCUT2D eigenvalue weighted by Gasteiger charge is -2.37. The van der Waals surface area contributed by atoms with Crippen LogP contribution in [-0.2, 0) is 19.0 Å². The molecular weight excluding hydrogens is 256 g/mol. The van der Waals surface area contributed by atoms with Gasteiger partial charge in [-0.1, -0.05) is 30.3 Å². The van der Waals surface area contributed by atoms with E-state index in [-0.39, 0.29) is 5.97 Å². The first-order valence-corrected chi connectivity index (χ1v) is 7.34. The maximum absolute atomic E-state index is 12.3. The van der Waals surface area contributed by atoms with Crippen molar-refractivity contribution >= 4 is 5.97 Å². The highest BCUT2D eigenvalue weighted by Gasteiger charge is 2.66. The van der Waals surface area contributed by atoms with E-state index in [0.717, 1.165) is 44.3 Å². The third kappa shape index (κ3) is 1.58. The average Bonchev–Trinajstić information content (AvgIpc) is 3.15. The number of ether oxygens (including phenoxy) is 3. The molecule has 1 aromatic rings. The summed E-state index contributed by atoms with van der Waals surface area (Å²) in [7, 11) is 0. The molecule has 0 bridgehead atoms. The van der Waals surface area contributed by atoms with Gasteiger partial charge >= 0.3 is 5.97 Å². The SMILES string of the molecule is O=C1OC2(CCC[C@@]23CCCO3)O[C@@H]1c1ccccc1. The number of fused-ring (bicyclic) bond motifs is 1. The number of hydrogen-bond donors (Lipinski definition) is 0. The fourth-order valence-corrected chi connectivity index (χ4v) is 3.84. The summed E-state index contributed by atoms with van der Waals surface area (Å²) >= 11 is 0. The van der Waals surface area contributed by atoms with Crippen molar-refractivity contribution in [3.05, 3.63) is 35.9 Å². The minimum absolute atomic E-state index is 0.284.